The number of anilines is 1. The van der Waals surface area contributed by atoms with Crippen molar-refractivity contribution in [2.45, 2.75) is 25.3 Å². The maximum atomic E-state index is 5.77. The lowest BCUT2D eigenvalue weighted by Crippen LogP contribution is -2.15. The van der Waals surface area contributed by atoms with Gasteiger partial charge in [0.15, 0.2) is 0 Å². The standard InChI is InChI=1S/C11H13N3/c12-8-4-5-10-11(6-8)14(7-13-10)9-2-1-3-9/h4-7,9H,1-3,12H2. The van der Waals surface area contributed by atoms with Gasteiger partial charge >= 0.3 is 0 Å². The molecule has 2 aromatic rings. The number of aromatic nitrogens is 2. The topological polar surface area (TPSA) is 43.8 Å². The van der Waals surface area contributed by atoms with Crippen molar-refractivity contribution in [1.82, 2.24) is 9.55 Å². The van der Waals surface area contributed by atoms with E-state index in [1.165, 1.54) is 24.8 Å². The molecule has 1 aromatic carbocycles. The van der Waals surface area contributed by atoms with E-state index in [4.69, 9.17) is 5.73 Å². The average Bonchev–Trinajstić information content (AvgIpc) is 2.46. The Balaban J connectivity index is 2.18. The minimum absolute atomic E-state index is 0.654. The van der Waals surface area contributed by atoms with Crippen molar-refractivity contribution in [1.29, 1.82) is 0 Å². The molecular formula is C11H13N3. The van der Waals surface area contributed by atoms with Crippen LogP contribution in [0, 0.1) is 0 Å². The summed E-state index contributed by atoms with van der Waals surface area (Å²) in [4.78, 5) is 4.37. The first kappa shape index (κ1) is 7.85. The third-order valence-corrected chi connectivity index (χ3v) is 3.07. The van der Waals surface area contributed by atoms with Gasteiger partial charge in [0.1, 0.15) is 0 Å². The Bertz CT molecular complexity index is 468. The average molecular weight is 187 g/mol. The largest absolute Gasteiger partial charge is 0.399 e. The normalized spacial score (nSPS) is 17.1. The molecular weight excluding hydrogens is 174 g/mol. The summed E-state index contributed by atoms with van der Waals surface area (Å²) in [6.45, 7) is 0. The number of hydrogen-bond donors (Lipinski definition) is 1. The van der Waals surface area contributed by atoms with Crippen LogP contribution in [0.2, 0.25) is 0 Å². The Labute approximate surface area is 82.5 Å². The number of rotatable bonds is 1. The van der Waals surface area contributed by atoms with E-state index in [9.17, 15) is 0 Å². The summed E-state index contributed by atoms with van der Waals surface area (Å²) >= 11 is 0. The molecule has 1 heterocycles. The van der Waals surface area contributed by atoms with Gasteiger partial charge in [0.2, 0.25) is 0 Å². The number of benzene rings is 1. The lowest BCUT2D eigenvalue weighted by atomic mass is 9.93. The minimum Gasteiger partial charge on any atom is -0.399 e. The third kappa shape index (κ3) is 1.02. The summed E-state index contributed by atoms with van der Waals surface area (Å²) in [5, 5.41) is 0. The number of fused-ring (bicyclic) bond motifs is 1. The van der Waals surface area contributed by atoms with Crippen molar-refractivity contribution in [3.05, 3.63) is 24.5 Å². The van der Waals surface area contributed by atoms with Crippen molar-refractivity contribution in [3.8, 4) is 0 Å². The number of hydrogen-bond acceptors (Lipinski definition) is 2. The predicted molar refractivity (Wildman–Crippen MR) is 57.0 cm³/mol. The Morgan fingerprint density at radius 1 is 1.36 bits per heavy atom. The molecule has 3 nitrogen and oxygen atoms in total. The molecule has 3 heteroatoms. The van der Waals surface area contributed by atoms with Crippen LogP contribution in [0.25, 0.3) is 11.0 Å². The van der Waals surface area contributed by atoms with E-state index >= 15 is 0 Å². The van der Waals surface area contributed by atoms with Gasteiger partial charge in [0.05, 0.1) is 17.4 Å². The Hall–Kier alpha value is -1.51. The molecule has 3 rings (SSSR count). The quantitative estimate of drug-likeness (QED) is 0.696. The second-order valence-electron chi connectivity index (χ2n) is 3.98. The van der Waals surface area contributed by atoms with Crippen LogP contribution in [-0.2, 0) is 0 Å². The molecule has 0 aliphatic heterocycles. The molecule has 0 saturated heterocycles. The van der Waals surface area contributed by atoms with Gasteiger partial charge in [-0.05, 0) is 37.5 Å². The molecule has 0 bridgehead atoms. The maximum Gasteiger partial charge on any atom is 0.0960 e. The van der Waals surface area contributed by atoms with Gasteiger partial charge < -0.3 is 10.3 Å². The number of nitrogens with two attached hydrogens (primary N) is 1. The molecule has 1 aliphatic rings. The highest BCUT2D eigenvalue weighted by Gasteiger charge is 2.20. The van der Waals surface area contributed by atoms with Crippen molar-refractivity contribution in [3.63, 3.8) is 0 Å². The molecule has 72 valence electrons. The number of nitrogens with zero attached hydrogens (tertiary/aromatic N) is 2. The van der Waals surface area contributed by atoms with E-state index in [0.29, 0.717) is 6.04 Å². The zero-order valence-electron chi connectivity index (χ0n) is 7.98. The number of imidazole rings is 1. The fourth-order valence-corrected chi connectivity index (χ4v) is 2.00. The van der Waals surface area contributed by atoms with Crippen molar-refractivity contribution < 1.29 is 0 Å². The van der Waals surface area contributed by atoms with Crippen LogP contribution < -0.4 is 5.73 Å². The van der Waals surface area contributed by atoms with E-state index in [2.05, 4.69) is 9.55 Å². The molecule has 0 radical (unpaired) electrons. The van der Waals surface area contributed by atoms with Gasteiger partial charge in [0, 0.05) is 11.7 Å². The summed E-state index contributed by atoms with van der Waals surface area (Å²) in [5.41, 5.74) is 8.81. The van der Waals surface area contributed by atoms with Crippen LogP contribution in [0.4, 0.5) is 5.69 Å². The first-order chi connectivity index (χ1) is 6.84. The summed E-state index contributed by atoms with van der Waals surface area (Å²) in [6, 6.07) is 6.56. The van der Waals surface area contributed by atoms with Crippen LogP contribution in [0.1, 0.15) is 25.3 Å². The second-order valence-corrected chi connectivity index (χ2v) is 3.98. The molecule has 0 atom stereocenters. The summed E-state index contributed by atoms with van der Waals surface area (Å²) in [7, 11) is 0. The molecule has 1 aliphatic carbocycles. The molecule has 2 N–H and O–H groups in total. The van der Waals surface area contributed by atoms with E-state index < -0.39 is 0 Å². The molecule has 1 aromatic heterocycles. The van der Waals surface area contributed by atoms with Crippen LogP contribution in [0.15, 0.2) is 24.5 Å². The highest BCUT2D eigenvalue weighted by Crippen LogP contribution is 2.34. The number of nitrogen functional groups attached to an aromatic ring is 1. The summed E-state index contributed by atoms with van der Waals surface area (Å²) < 4.78 is 2.26. The Morgan fingerprint density at radius 2 is 2.21 bits per heavy atom. The van der Waals surface area contributed by atoms with Gasteiger partial charge in [-0.2, -0.15) is 0 Å². The lowest BCUT2D eigenvalue weighted by molar-refractivity contribution is 0.320. The molecule has 1 saturated carbocycles. The van der Waals surface area contributed by atoms with Gasteiger partial charge in [0.25, 0.3) is 0 Å². The second kappa shape index (κ2) is 2.74. The first-order valence-corrected chi connectivity index (χ1v) is 5.07. The highest BCUT2D eigenvalue weighted by molar-refractivity contribution is 5.79. The van der Waals surface area contributed by atoms with Crippen molar-refractivity contribution >= 4 is 16.7 Å². The smallest absolute Gasteiger partial charge is 0.0960 e. The van der Waals surface area contributed by atoms with Gasteiger partial charge in [-0.15, -0.1) is 0 Å². The van der Waals surface area contributed by atoms with E-state index in [0.717, 1.165) is 11.2 Å². The van der Waals surface area contributed by atoms with E-state index in [-0.39, 0.29) is 0 Å². The van der Waals surface area contributed by atoms with Crippen LogP contribution in [0.3, 0.4) is 0 Å². The molecule has 1 fully saturated rings. The monoisotopic (exact) mass is 187 g/mol. The van der Waals surface area contributed by atoms with Gasteiger partial charge in [-0.25, -0.2) is 4.98 Å². The highest BCUT2D eigenvalue weighted by atomic mass is 15.1. The molecule has 14 heavy (non-hydrogen) atoms. The molecule has 0 amide bonds. The third-order valence-electron chi connectivity index (χ3n) is 3.07. The van der Waals surface area contributed by atoms with Crippen molar-refractivity contribution in [2.75, 3.05) is 5.73 Å². The Morgan fingerprint density at radius 3 is 2.93 bits per heavy atom. The SMILES string of the molecule is Nc1ccc2ncn(C3CCC3)c2c1. The molecule has 0 unspecified atom stereocenters. The van der Waals surface area contributed by atoms with Gasteiger partial charge in [-0.3, -0.25) is 0 Å². The maximum absolute atomic E-state index is 5.77. The predicted octanol–water partition coefficient (Wildman–Crippen LogP) is 2.34. The molecule has 0 spiro atoms. The fraction of sp³-hybridized carbons (Fsp3) is 0.364. The fourth-order valence-electron chi connectivity index (χ4n) is 2.00. The summed E-state index contributed by atoms with van der Waals surface area (Å²) in [5.74, 6) is 0. The van der Waals surface area contributed by atoms with Gasteiger partial charge in [-0.1, -0.05) is 0 Å². The van der Waals surface area contributed by atoms with Crippen LogP contribution >= 0.6 is 0 Å². The van der Waals surface area contributed by atoms with E-state index in [1.54, 1.807) is 0 Å². The zero-order chi connectivity index (χ0) is 9.54. The minimum atomic E-state index is 0.654. The zero-order valence-corrected chi connectivity index (χ0v) is 7.98. The summed E-state index contributed by atoms with van der Waals surface area (Å²) in [6.07, 6.45) is 5.83. The first-order valence-electron chi connectivity index (χ1n) is 5.07. The lowest BCUT2D eigenvalue weighted by Gasteiger charge is -2.27. The van der Waals surface area contributed by atoms with Crippen LogP contribution in [0.5, 0.6) is 0 Å². The van der Waals surface area contributed by atoms with E-state index in [1.807, 2.05) is 24.5 Å². The Kier molecular flexibility index (Phi) is 1.54. The van der Waals surface area contributed by atoms with Crippen LogP contribution in [-0.4, -0.2) is 9.55 Å². The van der Waals surface area contributed by atoms with Crippen molar-refractivity contribution in [2.24, 2.45) is 0 Å².